The van der Waals surface area contributed by atoms with Crippen LogP contribution in [-0.4, -0.2) is 42.1 Å². The summed E-state index contributed by atoms with van der Waals surface area (Å²) in [6.07, 6.45) is 8.56. The van der Waals surface area contributed by atoms with Crippen molar-refractivity contribution >= 4 is 41.1 Å². The first-order chi connectivity index (χ1) is 18.8. The van der Waals surface area contributed by atoms with Crippen LogP contribution in [-0.2, 0) is 16.1 Å². The zero-order valence-electron chi connectivity index (χ0n) is 22.2. The summed E-state index contributed by atoms with van der Waals surface area (Å²) < 4.78 is 0. The van der Waals surface area contributed by atoms with Gasteiger partial charge in [-0.3, -0.25) is 20.0 Å². The first-order valence-electron chi connectivity index (χ1n) is 13.6. The Labute approximate surface area is 229 Å². The van der Waals surface area contributed by atoms with E-state index in [0.29, 0.717) is 13.1 Å². The van der Waals surface area contributed by atoms with E-state index in [1.54, 1.807) is 0 Å². The number of nitrogens with zero attached hydrogens (tertiary/aromatic N) is 2. The van der Waals surface area contributed by atoms with Crippen LogP contribution in [0.25, 0.3) is 5.57 Å². The van der Waals surface area contributed by atoms with Crippen LogP contribution in [0.15, 0.2) is 59.6 Å². The van der Waals surface area contributed by atoms with Gasteiger partial charge in [-0.15, -0.1) is 0 Å². The molecule has 0 unspecified atom stereocenters. The molecule has 9 heteroatoms. The minimum Gasteiger partial charge on any atom is -0.390 e. The number of aliphatic imine (C=N–C) groups is 1. The first-order valence-corrected chi connectivity index (χ1v) is 13.6. The molecule has 0 saturated heterocycles. The molecular weight excluding hydrogens is 490 g/mol. The Bertz CT molecular complexity index is 1270. The average molecular weight is 528 g/mol. The van der Waals surface area contributed by atoms with E-state index in [2.05, 4.69) is 21.7 Å². The maximum Gasteiger partial charge on any atom is 0.230 e. The molecule has 6 rings (SSSR count). The second-order valence-corrected chi connectivity index (χ2v) is 11.0. The number of hydrogen-bond acceptors (Lipinski definition) is 4. The summed E-state index contributed by atoms with van der Waals surface area (Å²) in [7, 11) is 0. The third kappa shape index (κ3) is 5.53. The summed E-state index contributed by atoms with van der Waals surface area (Å²) in [5.74, 6) is 0.225. The van der Waals surface area contributed by atoms with Gasteiger partial charge in [0.25, 0.3) is 0 Å². The van der Waals surface area contributed by atoms with Crippen molar-refractivity contribution in [1.29, 1.82) is 5.41 Å². The molecule has 1 heterocycles. The molecule has 0 spiro atoms. The zero-order chi connectivity index (χ0) is 27.5. The molecule has 0 atom stereocenters. The lowest BCUT2D eigenvalue weighted by Crippen LogP contribution is -2.52. The number of anilines is 2. The maximum absolute atomic E-state index is 13.4. The van der Waals surface area contributed by atoms with Crippen molar-refractivity contribution in [1.82, 2.24) is 4.90 Å². The fourth-order valence-electron chi connectivity index (χ4n) is 6.16. The molecule has 3 saturated carbocycles. The second kappa shape index (κ2) is 10.9. The molecule has 7 N–H and O–H groups in total. The van der Waals surface area contributed by atoms with Crippen molar-refractivity contribution < 1.29 is 9.59 Å². The minimum atomic E-state index is -0.409. The molecule has 0 radical (unpaired) electrons. The van der Waals surface area contributed by atoms with Crippen molar-refractivity contribution in [2.75, 3.05) is 23.7 Å². The molecular formula is C30H37N7O2. The number of guanidine groups is 1. The number of fused-ring (bicyclic) bond motifs is 3. The first kappa shape index (κ1) is 26.5. The van der Waals surface area contributed by atoms with Crippen LogP contribution in [0.5, 0.6) is 0 Å². The van der Waals surface area contributed by atoms with E-state index in [0.717, 1.165) is 74.0 Å². The predicted octanol–water partition coefficient (Wildman–Crippen LogP) is 4.07. The Balaban J connectivity index is 1.16. The van der Waals surface area contributed by atoms with E-state index in [4.69, 9.17) is 16.9 Å². The summed E-state index contributed by atoms with van der Waals surface area (Å²) >= 11 is 0. The summed E-state index contributed by atoms with van der Waals surface area (Å²) in [5, 5.41) is 13.8. The van der Waals surface area contributed by atoms with Gasteiger partial charge in [-0.25, -0.2) is 0 Å². The number of benzene rings is 2. The number of rotatable bonds is 7. The molecule has 2 aromatic rings. The number of nitrogens with two attached hydrogens (primary N) is 2. The second-order valence-electron chi connectivity index (χ2n) is 11.0. The van der Waals surface area contributed by atoms with Crippen molar-refractivity contribution in [2.45, 2.75) is 51.5 Å². The van der Waals surface area contributed by atoms with Gasteiger partial charge in [-0.05, 0) is 85.9 Å². The van der Waals surface area contributed by atoms with Crippen LogP contribution in [0.1, 0.15) is 56.1 Å². The molecule has 204 valence electrons. The summed E-state index contributed by atoms with van der Waals surface area (Å²) in [5.41, 5.74) is 15.0. The Morgan fingerprint density at radius 2 is 1.41 bits per heavy atom. The SMILES string of the molecule is N=C(N)N1CC=C(c2ccc(NC(=O)C34CCC(C(=O)Nc5ccc(CN=CN)cc5)(CC3)CC4)cc2)CC1. The Hall–Kier alpha value is -4.14. The van der Waals surface area contributed by atoms with Crippen LogP contribution in [0.2, 0.25) is 0 Å². The lowest BCUT2D eigenvalue weighted by Gasteiger charge is -2.51. The van der Waals surface area contributed by atoms with Crippen LogP contribution >= 0.6 is 0 Å². The van der Waals surface area contributed by atoms with Gasteiger partial charge in [0.2, 0.25) is 11.8 Å². The van der Waals surface area contributed by atoms with E-state index in [1.165, 1.54) is 11.9 Å². The quantitative estimate of drug-likeness (QED) is 0.272. The molecule has 2 bridgehead atoms. The highest BCUT2D eigenvalue weighted by molar-refractivity contribution is 5.98. The third-order valence-electron chi connectivity index (χ3n) is 8.86. The van der Waals surface area contributed by atoms with Gasteiger partial charge in [-0.1, -0.05) is 30.3 Å². The number of hydrogen-bond donors (Lipinski definition) is 5. The molecule has 4 aliphatic rings. The Morgan fingerprint density at radius 1 is 0.897 bits per heavy atom. The lowest BCUT2D eigenvalue weighted by atomic mass is 9.53. The van der Waals surface area contributed by atoms with Gasteiger partial charge in [-0.2, -0.15) is 0 Å². The Morgan fingerprint density at radius 3 is 1.85 bits per heavy atom. The lowest BCUT2D eigenvalue weighted by molar-refractivity contribution is -0.144. The molecule has 9 nitrogen and oxygen atoms in total. The summed E-state index contributed by atoms with van der Waals surface area (Å²) in [6, 6.07) is 15.7. The monoisotopic (exact) mass is 527 g/mol. The van der Waals surface area contributed by atoms with E-state index in [1.807, 2.05) is 53.4 Å². The highest BCUT2D eigenvalue weighted by atomic mass is 16.2. The number of amides is 2. The Kier molecular flexibility index (Phi) is 7.41. The van der Waals surface area contributed by atoms with Crippen LogP contribution < -0.4 is 22.1 Å². The summed E-state index contributed by atoms with van der Waals surface area (Å²) in [4.78, 5) is 32.6. The largest absolute Gasteiger partial charge is 0.390 e. The fraction of sp³-hybridized carbons (Fsp3) is 0.400. The minimum absolute atomic E-state index is 0.0583. The molecule has 2 aromatic carbocycles. The summed E-state index contributed by atoms with van der Waals surface area (Å²) in [6.45, 7) is 1.89. The van der Waals surface area contributed by atoms with Gasteiger partial charge in [0.15, 0.2) is 5.96 Å². The number of carbonyl (C=O) groups is 2. The maximum atomic E-state index is 13.4. The smallest absolute Gasteiger partial charge is 0.230 e. The number of carbonyl (C=O) groups excluding carboxylic acids is 2. The molecule has 2 amide bonds. The van der Waals surface area contributed by atoms with Gasteiger partial charge < -0.3 is 27.0 Å². The van der Waals surface area contributed by atoms with Crippen LogP contribution in [0.3, 0.4) is 0 Å². The zero-order valence-corrected chi connectivity index (χ0v) is 22.2. The average Bonchev–Trinajstić information content (AvgIpc) is 2.98. The number of nitrogens with one attached hydrogen (secondary N) is 3. The van der Waals surface area contributed by atoms with Gasteiger partial charge in [0.1, 0.15) is 0 Å². The highest BCUT2D eigenvalue weighted by Crippen LogP contribution is 2.57. The third-order valence-corrected chi connectivity index (χ3v) is 8.86. The van der Waals surface area contributed by atoms with Crippen molar-refractivity contribution in [3.05, 3.63) is 65.7 Å². The van der Waals surface area contributed by atoms with Crippen molar-refractivity contribution in [3.8, 4) is 0 Å². The molecule has 3 fully saturated rings. The topological polar surface area (TPSA) is 150 Å². The van der Waals surface area contributed by atoms with Crippen LogP contribution in [0.4, 0.5) is 11.4 Å². The van der Waals surface area contributed by atoms with Gasteiger partial charge in [0.05, 0.1) is 12.9 Å². The molecule has 3 aliphatic carbocycles. The van der Waals surface area contributed by atoms with E-state index in [-0.39, 0.29) is 17.8 Å². The normalized spacial score (nSPS) is 24.3. The van der Waals surface area contributed by atoms with Crippen molar-refractivity contribution in [2.24, 2.45) is 27.3 Å². The van der Waals surface area contributed by atoms with Gasteiger partial charge in [0, 0.05) is 35.3 Å². The standard InChI is InChI=1S/C30H37N7O2/c31-20-34-19-21-1-5-24(6-2-21)35-26(38)29-11-14-30(15-12-29,16-13-29)27(39)36-25-7-3-22(4-8-25)23-9-17-37(18-10-23)28(32)33/h1-9,20H,10-19H2,(H2,31,34)(H3,32,33)(H,35,38)(H,36,39). The van der Waals surface area contributed by atoms with E-state index in [9.17, 15) is 9.59 Å². The predicted molar refractivity (Wildman–Crippen MR) is 155 cm³/mol. The highest BCUT2D eigenvalue weighted by Gasteiger charge is 2.55. The van der Waals surface area contributed by atoms with Gasteiger partial charge >= 0.3 is 0 Å². The fourth-order valence-corrected chi connectivity index (χ4v) is 6.16. The van der Waals surface area contributed by atoms with Crippen molar-refractivity contribution in [3.63, 3.8) is 0 Å². The molecule has 0 aromatic heterocycles. The molecule has 1 aliphatic heterocycles. The van der Waals surface area contributed by atoms with Crippen LogP contribution in [0, 0.1) is 16.2 Å². The molecule has 39 heavy (non-hydrogen) atoms. The van der Waals surface area contributed by atoms with E-state index >= 15 is 0 Å². The van der Waals surface area contributed by atoms with E-state index < -0.39 is 10.8 Å².